The molecule has 4 rings (SSSR count). The van der Waals surface area contributed by atoms with E-state index in [0.29, 0.717) is 19.0 Å². The number of nitrogens with zero attached hydrogens (tertiary/aromatic N) is 3. The lowest BCUT2D eigenvalue weighted by molar-refractivity contribution is 0.341. The Morgan fingerprint density at radius 3 is 2.88 bits per heavy atom. The van der Waals surface area contributed by atoms with Gasteiger partial charge in [-0.15, -0.1) is 0 Å². The van der Waals surface area contributed by atoms with Crippen molar-refractivity contribution in [2.24, 2.45) is 0 Å². The zero-order valence-electron chi connectivity index (χ0n) is 13.7. The highest BCUT2D eigenvalue weighted by Gasteiger charge is 2.16. The Labute approximate surface area is 143 Å². The molecule has 0 aliphatic rings. The first-order chi connectivity index (χ1) is 12.3. The van der Waals surface area contributed by atoms with Gasteiger partial charge in [0.25, 0.3) is 0 Å². The summed E-state index contributed by atoms with van der Waals surface area (Å²) in [6.07, 6.45) is 3.59. The molecule has 0 atom stereocenters. The van der Waals surface area contributed by atoms with E-state index in [-0.39, 0.29) is 5.69 Å². The second kappa shape index (κ2) is 6.27. The summed E-state index contributed by atoms with van der Waals surface area (Å²) in [5, 5.41) is 8.54. The Kier molecular flexibility index (Phi) is 3.81. The molecule has 2 N–H and O–H groups in total. The van der Waals surface area contributed by atoms with E-state index in [9.17, 15) is 4.79 Å². The monoisotopic (exact) mass is 335 g/mol. The fourth-order valence-electron chi connectivity index (χ4n) is 2.96. The van der Waals surface area contributed by atoms with Gasteiger partial charge in [-0.1, -0.05) is 30.3 Å². The third-order valence-electron chi connectivity index (χ3n) is 4.00. The topological polar surface area (TPSA) is 88.6 Å². The summed E-state index contributed by atoms with van der Waals surface area (Å²) in [4.78, 5) is 18.5. The molecule has 2 aromatic heterocycles. The summed E-state index contributed by atoms with van der Waals surface area (Å²) >= 11 is 0. The van der Waals surface area contributed by atoms with Crippen molar-refractivity contribution in [3.05, 3.63) is 65.1 Å². The van der Waals surface area contributed by atoms with Crippen molar-refractivity contribution in [1.29, 1.82) is 0 Å². The average molecular weight is 335 g/mol. The van der Waals surface area contributed by atoms with Gasteiger partial charge in [-0.3, -0.25) is 4.98 Å². The summed E-state index contributed by atoms with van der Waals surface area (Å²) in [5.41, 5.74) is 0.611. The summed E-state index contributed by atoms with van der Waals surface area (Å²) in [6.45, 7) is 2.93. The van der Waals surface area contributed by atoms with Crippen molar-refractivity contribution < 1.29 is 4.74 Å². The molecule has 25 heavy (non-hydrogen) atoms. The number of fused-ring (bicyclic) bond motifs is 1. The largest absolute Gasteiger partial charge is 0.493 e. The van der Waals surface area contributed by atoms with Crippen LogP contribution in [0, 0.1) is 0 Å². The number of rotatable bonds is 5. The second-order valence-corrected chi connectivity index (χ2v) is 5.60. The number of ether oxygens (including phenoxy) is 1. The van der Waals surface area contributed by atoms with Crippen LogP contribution in [0.1, 0.15) is 12.7 Å². The number of aromatic amines is 2. The smallest absolute Gasteiger partial charge is 0.340 e. The fourth-order valence-corrected chi connectivity index (χ4v) is 2.96. The maximum absolute atomic E-state index is 11.3. The zero-order chi connectivity index (χ0) is 17.2. The van der Waals surface area contributed by atoms with Crippen LogP contribution in [0.4, 0.5) is 0 Å². The van der Waals surface area contributed by atoms with E-state index < -0.39 is 0 Å². The van der Waals surface area contributed by atoms with Crippen LogP contribution in [0.5, 0.6) is 5.75 Å². The third-order valence-corrected chi connectivity index (χ3v) is 4.00. The van der Waals surface area contributed by atoms with Crippen LogP contribution in [-0.2, 0) is 6.54 Å². The van der Waals surface area contributed by atoms with Crippen molar-refractivity contribution in [1.82, 2.24) is 24.7 Å². The highest BCUT2D eigenvalue weighted by atomic mass is 16.5. The minimum atomic E-state index is -0.322. The molecular weight excluding hydrogens is 318 g/mol. The van der Waals surface area contributed by atoms with E-state index in [1.165, 1.54) is 0 Å². The average Bonchev–Trinajstić information content (AvgIpc) is 3.24. The molecule has 7 heteroatoms. The molecule has 0 radical (unpaired) electrons. The van der Waals surface area contributed by atoms with Crippen LogP contribution in [0.3, 0.4) is 0 Å². The van der Waals surface area contributed by atoms with Crippen molar-refractivity contribution in [2.75, 3.05) is 6.61 Å². The molecule has 2 aromatic carbocycles. The molecule has 2 heterocycles. The molecule has 0 fully saturated rings. The van der Waals surface area contributed by atoms with Crippen LogP contribution in [0.15, 0.2) is 53.6 Å². The Morgan fingerprint density at radius 1 is 1.20 bits per heavy atom. The summed E-state index contributed by atoms with van der Waals surface area (Å²) in [7, 11) is 0. The summed E-state index contributed by atoms with van der Waals surface area (Å²) in [6, 6.07) is 12.1. The Morgan fingerprint density at radius 2 is 2.08 bits per heavy atom. The standard InChI is InChI=1S/C18H17N5O2/c1-2-25-14-8-7-12-5-3-4-6-13(12)16(14)17-19-9-10-23(17)11-15-20-18(24)22-21-15/h3-10H,2,11H2,1H3,(H2,20,21,22,24). The van der Waals surface area contributed by atoms with Crippen LogP contribution < -0.4 is 10.4 Å². The molecular formula is C18H17N5O2. The van der Waals surface area contributed by atoms with E-state index in [1.807, 2.05) is 42.0 Å². The van der Waals surface area contributed by atoms with Crippen LogP contribution >= 0.6 is 0 Å². The molecule has 0 aliphatic carbocycles. The molecule has 0 unspecified atom stereocenters. The highest BCUT2D eigenvalue weighted by molar-refractivity contribution is 5.98. The molecule has 126 valence electrons. The van der Waals surface area contributed by atoms with E-state index in [2.05, 4.69) is 32.3 Å². The predicted molar refractivity (Wildman–Crippen MR) is 94.6 cm³/mol. The van der Waals surface area contributed by atoms with E-state index in [1.54, 1.807) is 6.20 Å². The molecule has 0 spiro atoms. The molecule has 0 bridgehead atoms. The lowest BCUT2D eigenvalue weighted by atomic mass is 10.0. The number of aromatic nitrogens is 5. The van der Waals surface area contributed by atoms with Crippen LogP contribution in [-0.4, -0.2) is 31.3 Å². The number of imidazole rings is 1. The zero-order valence-corrected chi connectivity index (χ0v) is 13.7. The van der Waals surface area contributed by atoms with Gasteiger partial charge in [0.15, 0.2) is 5.82 Å². The van der Waals surface area contributed by atoms with Gasteiger partial charge < -0.3 is 9.30 Å². The fraction of sp³-hybridized carbons (Fsp3) is 0.167. The predicted octanol–water partition coefficient (Wildman–Crippen LogP) is 2.56. The maximum Gasteiger partial charge on any atom is 0.340 e. The normalized spacial score (nSPS) is 11.1. The maximum atomic E-state index is 11.3. The first-order valence-corrected chi connectivity index (χ1v) is 8.06. The van der Waals surface area contributed by atoms with E-state index in [4.69, 9.17) is 4.74 Å². The summed E-state index contributed by atoms with van der Waals surface area (Å²) < 4.78 is 7.79. The summed E-state index contributed by atoms with van der Waals surface area (Å²) in [5.74, 6) is 2.09. The molecule has 0 saturated heterocycles. The lowest BCUT2D eigenvalue weighted by Gasteiger charge is -2.14. The Bertz CT molecular complexity index is 1080. The number of hydrogen-bond donors (Lipinski definition) is 2. The highest BCUT2D eigenvalue weighted by Crippen LogP contribution is 2.36. The van der Waals surface area contributed by atoms with Gasteiger partial charge >= 0.3 is 5.69 Å². The lowest BCUT2D eigenvalue weighted by Crippen LogP contribution is -2.06. The number of hydrogen-bond acceptors (Lipinski definition) is 4. The molecule has 7 nitrogen and oxygen atoms in total. The molecule has 0 amide bonds. The van der Waals surface area contributed by atoms with Crippen molar-refractivity contribution in [3.63, 3.8) is 0 Å². The van der Waals surface area contributed by atoms with Gasteiger partial charge in [0.2, 0.25) is 0 Å². The Balaban J connectivity index is 1.88. The first kappa shape index (κ1) is 15.2. The van der Waals surface area contributed by atoms with Crippen molar-refractivity contribution in [3.8, 4) is 17.1 Å². The van der Waals surface area contributed by atoms with Gasteiger partial charge in [0.1, 0.15) is 11.6 Å². The van der Waals surface area contributed by atoms with Gasteiger partial charge in [-0.25, -0.2) is 14.9 Å². The SMILES string of the molecule is CCOc1ccc2ccccc2c1-c1nccn1Cc1n[nH]c(=O)[nH]1. The van der Waals surface area contributed by atoms with Gasteiger partial charge in [0, 0.05) is 12.4 Å². The second-order valence-electron chi connectivity index (χ2n) is 5.60. The molecule has 4 aromatic rings. The molecule has 0 aliphatic heterocycles. The van der Waals surface area contributed by atoms with Gasteiger partial charge in [-0.2, -0.15) is 5.10 Å². The number of nitrogens with one attached hydrogen (secondary N) is 2. The Hall–Kier alpha value is -3.35. The number of benzene rings is 2. The number of H-pyrrole nitrogens is 2. The van der Waals surface area contributed by atoms with E-state index >= 15 is 0 Å². The van der Waals surface area contributed by atoms with Gasteiger partial charge in [-0.05, 0) is 23.8 Å². The minimum absolute atomic E-state index is 0.322. The van der Waals surface area contributed by atoms with Crippen LogP contribution in [0.2, 0.25) is 0 Å². The first-order valence-electron chi connectivity index (χ1n) is 8.06. The van der Waals surface area contributed by atoms with Crippen molar-refractivity contribution in [2.45, 2.75) is 13.5 Å². The third kappa shape index (κ3) is 2.80. The van der Waals surface area contributed by atoms with E-state index in [0.717, 1.165) is 27.9 Å². The van der Waals surface area contributed by atoms with Crippen LogP contribution in [0.25, 0.3) is 22.2 Å². The quantitative estimate of drug-likeness (QED) is 0.587. The van der Waals surface area contributed by atoms with Crippen molar-refractivity contribution >= 4 is 10.8 Å². The molecule has 0 saturated carbocycles. The van der Waals surface area contributed by atoms with Gasteiger partial charge in [0.05, 0.1) is 18.7 Å². The minimum Gasteiger partial charge on any atom is -0.493 e.